The molecule has 0 saturated heterocycles. The Kier molecular flexibility index (Phi) is 2.51. The Morgan fingerprint density at radius 2 is 1.88 bits per heavy atom. The van der Waals surface area contributed by atoms with Gasteiger partial charge in [0.25, 0.3) is 0 Å². The second kappa shape index (κ2) is 4.28. The zero-order valence-electron chi connectivity index (χ0n) is 15.5. The van der Waals surface area contributed by atoms with Gasteiger partial charge < -0.3 is 0 Å². The van der Waals surface area contributed by atoms with Crippen LogP contribution < -0.4 is 4.57 Å². The summed E-state index contributed by atoms with van der Waals surface area (Å²) in [5.74, 6) is 1.00. The SMILES string of the molecule is Cc1ccc2c3c1-c1c(ncc[n+]1C)C(C)(C)n3c1nc(C)c(C)n21. The fraction of sp³-hybridized carbons (Fsp3) is 0.350. The topological polar surface area (TPSA) is 39.0 Å². The van der Waals surface area contributed by atoms with Crippen LogP contribution in [0.3, 0.4) is 0 Å². The van der Waals surface area contributed by atoms with Crippen molar-refractivity contribution in [2.75, 3.05) is 0 Å². The van der Waals surface area contributed by atoms with E-state index in [1.165, 1.54) is 33.5 Å². The van der Waals surface area contributed by atoms with E-state index in [4.69, 9.17) is 9.97 Å². The zero-order chi connectivity index (χ0) is 17.7. The lowest BCUT2D eigenvalue weighted by Gasteiger charge is -2.32. The molecule has 1 aliphatic heterocycles. The first-order valence-electron chi connectivity index (χ1n) is 8.69. The highest BCUT2D eigenvalue weighted by atomic mass is 15.3. The smallest absolute Gasteiger partial charge is 0.238 e. The Labute approximate surface area is 146 Å². The first kappa shape index (κ1) is 14.6. The largest absolute Gasteiger partial charge is 0.297 e. The summed E-state index contributed by atoms with van der Waals surface area (Å²) in [6.45, 7) is 10.9. The second-order valence-corrected chi connectivity index (χ2v) is 7.67. The minimum atomic E-state index is -0.275. The number of rotatable bonds is 0. The zero-order valence-corrected chi connectivity index (χ0v) is 15.5. The van der Waals surface area contributed by atoms with Gasteiger partial charge in [0, 0.05) is 5.69 Å². The van der Waals surface area contributed by atoms with Gasteiger partial charge in [-0.15, -0.1) is 0 Å². The van der Waals surface area contributed by atoms with Crippen LogP contribution in [0.25, 0.3) is 28.1 Å². The summed E-state index contributed by atoms with van der Waals surface area (Å²) >= 11 is 0. The predicted octanol–water partition coefficient (Wildman–Crippen LogP) is 3.20. The van der Waals surface area contributed by atoms with E-state index in [-0.39, 0.29) is 5.54 Å². The molecule has 25 heavy (non-hydrogen) atoms. The molecule has 0 unspecified atom stereocenters. The third kappa shape index (κ3) is 1.52. The highest BCUT2D eigenvalue weighted by Gasteiger charge is 2.42. The van der Waals surface area contributed by atoms with Gasteiger partial charge >= 0.3 is 0 Å². The average Bonchev–Trinajstić information content (AvgIpc) is 3.02. The van der Waals surface area contributed by atoms with Gasteiger partial charge in [-0.2, -0.15) is 4.57 Å². The summed E-state index contributed by atoms with van der Waals surface area (Å²) in [4.78, 5) is 9.70. The van der Waals surface area contributed by atoms with E-state index in [2.05, 4.69) is 67.3 Å². The van der Waals surface area contributed by atoms with E-state index in [1.807, 2.05) is 12.4 Å². The van der Waals surface area contributed by atoms with Gasteiger partial charge in [-0.3, -0.25) is 8.97 Å². The van der Waals surface area contributed by atoms with E-state index < -0.39 is 0 Å². The van der Waals surface area contributed by atoms with Gasteiger partial charge in [0.15, 0.2) is 6.20 Å². The number of hydrogen-bond acceptors (Lipinski definition) is 2. The first-order chi connectivity index (χ1) is 11.8. The monoisotopic (exact) mass is 332 g/mol. The Morgan fingerprint density at radius 1 is 1.12 bits per heavy atom. The van der Waals surface area contributed by atoms with Crippen LogP contribution >= 0.6 is 0 Å². The summed E-state index contributed by atoms with van der Waals surface area (Å²) in [6, 6.07) is 4.44. The molecule has 0 saturated carbocycles. The molecule has 4 heterocycles. The molecule has 0 aliphatic carbocycles. The van der Waals surface area contributed by atoms with Crippen LogP contribution in [-0.2, 0) is 12.6 Å². The highest BCUT2D eigenvalue weighted by molar-refractivity contribution is 5.98. The molecule has 0 radical (unpaired) electrons. The lowest BCUT2D eigenvalue weighted by atomic mass is 9.88. The number of aryl methyl sites for hydroxylation is 4. The molecule has 0 atom stereocenters. The molecule has 1 aliphatic rings. The molecule has 5 rings (SSSR count). The Balaban J connectivity index is 2.15. The average molecular weight is 332 g/mol. The molecule has 4 aromatic rings. The summed E-state index contributed by atoms with van der Waals surface area (Å²) in [7, 11) is 2.11. The summed E-state index contributed by atoms with van der Waals surface area (Å²) in [5, 5.41) is 0. The summed E-state index contributed by atoms with van der Waals surface area (Å²) in [5.41, 5.74) is 9.32. The minimum absolute atomic E-state index is 0.275. The van der Waals surface area contributed by atoms with Crippen LogP contribution in [0, 0.1) is 20.8 Å². The Hall–Kier alpha value is -2.69. The summed E-state index contributed by atoms with van der Waals surface area (Å²) in [6.07, 6.45) is 3.93. The number of benzene rings is 1. The molecule has 1 aromatic carbocycles. The van der Waals surface area contributed by atoms with Crippen LogP contribution in [-0.4, -0.2) is 18.9 Å². The summed E-state index contributed by atoms with van der Waals surface area (Å²) < 4.78 is 6.87. The Bertz CT molecular complexity index is 1210. The molecule has 0 bridgehead atoms. The van der Waals surface area contributed by atoms with E-state index in [9.17, 15) is 0 Å². The van der Waals surface area contributed by atoms with Crippen molar-refractivity contribution in [1.29, 1.82) is 0 Å². The molecule has 0 spiro atoms. The van der Waals surface area contributed by atoms with Crippen molar-refractivity contribution in [3.8, 4) is 11.3 Å². The normalized spacial score (nSPS) is 15.1. The maximum Gasteiger partial charge on any atom is 0.238 e. The molecule has 5 heteroatoms. The third-order valence-corrected chi connectivity index (χ3v) is 5.80. The van der Waals surface area contributed by atoms with Crippen LogP contribution in [0.1, 0.15) is 36.5 Å². The number of imidazole rings is 2. The predicted molar refractivity (Wildman–Crippen MR) is 97.7 cm³/mol. The lowest BCUT2D eigenvalue weighted by Crippen LogP contribution is -2.41. The van der Waals surface area contributed by atoms with Gasteiger partial charge in [-0.1, -0.05) is 6.07 Å². The van der Waals surface area contributed by atoms with Crippen molar-refractivity contribution < 1.29 is 4.57 Å². The molecular weight excluding hydrogens is 310 g/mol. The minimum Gasteiger partial charge on any atom is -0.297 e. The van der Waals surface area contributed by atoms with E-state index in [0.717, 1.165) is 17.2 Å². The molecule has 3 aromatic heterocycles. The van der Waals surface area contributed by atoms with Gasteiger partial charge in [-0.05, 0) is 46.2 Å². The number of aromatic nitrogens is 5. The van der Waals surface area contributed by atoms with Gasteiger partial charge in [-0.25, -0.2) is 9.97 Å². The van der Waals surface area contributed by atoms with Crippen molar-refractivity contribution >= 4 is 16.8 Å². The molecule has 126 valence electrons. The first-order valence-corrected chi connectivity index (χ1v) is 8.69. The van der Waals surface area contributed by atoms with E-state index in [0.29, 0.717) is 0 Å². The van der Waals surface area contributed by atoms with E-state index in [1.54, 1.807) is 0 Å². The fourth-order valence-electron chi connectivity index (χ4n) is 4.41. The quantitative estimate of drug-likeness (QED) is 0.464. The van der Waals surface area contributed by atoms with Crippen LogP contribution in [0.2, 0.25) is 0 Å². The molecular formula is C20H22N5+. The molecule has 0 amide bonds. The van der Waals surface area contributed by atoms with Crippen LogP contribution in [0.4, 0.5) is 0 Å². The Morgan fingerprint density at radius 3 is 2.64 bits per heavy atom. The van der Waals surface area contributed by atoms with Crippen molar-refractivity contribution in [1.82, 2.24) is 18.9 Å². The standard InChI is InChI=1S/C20H22N5/c1-11-7-8-14-16-15(11)17-18(21-9-10-23(17)6)20(4,5)25(16)19-22-12(2)13(3)24(14)19/h7-10H,1-6H3/q+1. The van der Waals surface area contributed by atoms with Crippen LogP contribution in [0.5, 0.6) is 0 Å². The second-order valence-electron chi connectivity index (χ2n) is 7.67. The van der Waals surface area contributed by atoms with Gasteiger partial charge in [0.05, 0.1) is 34.0 Å². The van der Waals surface area contributed by atoms with Crippen molar-refractivity contribution in [3.05, 3.63) is 47.2 Å². The van der Waals surface area contributed by atoms with Crippen LogP contribution in [0.15, 0.2) is 24.5 Å². The van der Waals surface area contributed by atoms with E-state index >= 15 is 0 Å². The third-order valence-electron chi connectivity index (χ3n) is 5.80. The molecule has 0 fully saturated rings. The molecule has 0 N–H and O–H groups in total. The number of hydrogen-bond donors (Lipinski definition) is 0. The fourth-order valence-corrected chi connectivity index (χ4v) is 4.41. The maximum absolute atomic E-state index is 4.91. The number of nitrogens with zero attached hydrogens (tertiary/aromatic N) is 5. The van der Waals surface area contributed by atoms with Crippen molar-refractivity contribution in [3.63, 3.8) is 0 Å². The molecule has 5 nitrogen and oxygen atoms in total. The highest BCUT2D eigenvalue weighted by Crippen LogP contribution is 2.45. The van der Waals surface area contributed by atoms with Gasteiger partial charge in [0.2, 0.25) is 11.5 Å². The van der Waals surface area contributed by atoms with Crippen molar-refractivity contribution in [2.45, 2.75) is 40.2 Å². The van der Waals surface area contributed by atoms with Crippen molar-refractivity contribution in [2.24, 2.45) is 7.05 Å². The van der Waals surface area contributed by atoms with Gasteiger partial charge in [0.1, 0.15) is 12.7 Å². The maximum atomic E-state index is 4.91. The lowest BCUT2D eigenvalue weighted by molar-refractivity contribution is -0.661. The number of fused-ring (bicyclic) bond motifs is 5.